The summed E-state index contributed by atoms with van der Waals surface area (Å²) < 4.78 is 4.84. The molecule has 1 heterocycles. The highest BCUT2D eigenvalue weighted by molar-refractivity contribution is 5.17. The summed E-state index contributed by atoms with van der Waals surface area (Å²) in [5, 5.41) is 15.6. The highest BCUT2D eigenvalue weighted by Gasteiger charge is 2.00. The third kappa shape index (κ3) is 3.89. The molecule has 0 bridgehead atoms. The zero-order valence-corrected chi connectivity index (χ0v) is 7.95. The molecule has 0 aliphatic heterocycles. The number of hydrogen-bond donors (Lipinski definition) is 2. The molecule has 5 heteroatoms. The van der Waals surface area contributed by atoms with Gasteiger partial charge in [-0.2, -0.15) is 4.98 Å². The summed E-state index contributed by atoms with van der Waals surface area (Å²) in [6, 6.07) is 0.447. The van der Waals surface area contributed by atoms with E-state index in [0.717, 1.165) is 19.4 Å². The van der Waals surface area contributed by atoms with E-state index in [1.807, 2.05) is 0 Å². The van der Waals surface area contributed by atoms with Gasteiger partial charge in [-0.3, -0.25) is 0 Å². The van der Waals surface area contributed by atoms with Crippen molar-refractivity contribution in [2.75, 3.05) is 11.9 Å². The first-order valence-corrected chi connectivity index (χ1v) is 4.40. The highest BCUT2D eigenvalue weighted by atomic mass is 16.5. The minimum atomic E-state index is -0.244. The Hall–Kier alpha value is -1.10. The molecule has 1 aromatic heterocycles. The van der Waals surface area contributed by atoms with E-state index in [0.29, 0.717) is 11.8 Å². The van der Waals surface area contributed by atoms with Crippen molar-refractivity contribution >= 4 is 6.01 Å². The minimum absolute atomic E-state index is 0.244. The summed E-state index contributed by atoms with van der Waals surface area (Å²) in [6.07, 6.45) is 1.42. The van der Waals surface area contributed by atoms with Crippen LogP contribution in [0.25, 0.3) is 0 Å². The summed E-state index contributed by atoms with van der Waals surface area (Å²) >= 11 is 0. The van der Waals surface area contributed by atoms with E-state index in [2.05, 4.69) is 15.5 Å². The Morgan fingerprint density at radius 1 is 1.62 bits per heavy atom. The second-order valence-corrected chi connectivity index (χ2v) is 3.06. The first-order valence-electron chi connectivity index (χ1n) is 4.40. The molecule has 0 amide bonds. The van der Waals surface area contributed by atoms with Crippen molar-refractivity contribution in [1.82, 2.24) is 10.1 Å². The van der Waals surface area contributed by atoms with E-state index in [4.69, 9.17) is 9.63 Å². The first-order chi connectivity index (χ1) is 6.18. The normalized spacial score (nSPS) is 12.8. The number of aromatic nitrogens is 2. The van der Waals surface area contributed by atoms with Crippen molar-refractivity contribution in [2.45, 2.75) is 32.8 Å². The van der Waals surface area contributed by atoms with Crippen LogP contribution in [0.4, 0.5) is 6.01 Å². The summed E-state index contributed by atoms with van der Waals surface area (Å²) in [7, 11) is 0. The molecule has 0 aliphatic rings. The quantitative estimate of drug-likeness (QED) is 0.668. The monoisotopic (exact) mass is 185 g/mol. The Kier molecular flexibility index (Phi) is 3.70. The van der Waals surface area contributed by atoms with E-state index in [9.17, 15) is 0 Å². The zero-order valence-electron chi connectivity index (χ0n) is 7.95. The highest BCUT2D eigenvalue weighted by Crippen LogP contribution is 2.03. The Morgan fingerprint density at radius 3 is 2.92 bits per heavy atom. The summed E-state index contributed by atoms with van der Waals surface area (Å²) in [5.41, 5.74) is 0. The summed E-state index contributed by atoms with van der Waals surface area (Å²) in [5.74, 6) is 0.623. The van der Waals surface area contributed by atoms with Crippen LogP contribution >= 0.6 is 0 Å². The molecule has 0 saturated heterocycles. The third-order valence-electron chi connectivity index (χ3n) is 1.60. The van der Waals surface area contributed by atoms with Gasteiger partial charge in [0.15, 0.2) is 5.82 Å². The van der Waals surface area contributed by atoms with Gasteiger partial charge >= 0.3 is 6.01 Å². The van der Waals surface area contributed by atoms with Crippen molar-refractivity contribution in [3.8, 4) is 0 Å². The van der Waals surface area contributed by atoms with Crippen LogP contribution in [-0.4, -0.2) is 27.9 Å². The van der Waals surface area contributed by atoms with Gasteiger partial charge in [-0.25, -0.2) is 0 Å². The molecule has 0 spiro atoms. The second-order valence-electron chi connectivity index (χ2n) is 3.06. The number of rotatable bonds is 5. The van der Waals surface area contributed by atoms with Crippen LogP contribution in [0, 0.1) is 6.92 Å². The fourth-order valence-corrected chi connectivity index (χ4v) is 0.962. The molecule has 1 unspecified atom stereocenters. The average molecular weight is 185 g/mol. The van der Waals surface area contributed by atoms with Gasteiger partial charge in [0.05, 0.1) is 6.10 Å². The largest absolute Gasteiger partial charge is 0.393 e. The molecule has 74 valence electrons. The number of aliphatic hydroxyl groups is 1. The maximum atomic E-state index is 8.97. The molecule has 2 N–H and O–H groups in total. The lowest BCUT2D eigenvalue weighted by Crippen LogP contribution is -2.06. The molecular weight excluding hydrogens is 170 g/mol. The number of hydrogen-bond acceptors (Lipinski definition) is 5. The third-order valence-corrected chi connectivity index (χ3v) is 1.60. The molecule has 0 saturated carbocycles. The van der Waals surface area contributed by atoms with Crippen LogP contribution in [-0.2, 0) is 0 Å². The molecule has 5 nitrogen and oxygen atoms in total. The maximum Gasteiger partial charge on any atom is 0.321 e. The molecule has 0 fully saturated rings. The Bertz CT molecular complexity index is 247. The van der Waals surface area contributed by atoms with Crippen molar-refractivity contribution < 1.29 is 9.63 Å². The molecule has 1 aromatic rings. The van der Waals surface area contributed by atoms with Crippen molar-refractivity contribution in [3.05, 3.63) is 5.82 Å². The van der Waals surface area contributed by atoms with Crippen LogP contribution in [0.3, 0.4) is 0 Å². The van der Waals surface area contributed by atoms with Gasteiger partial charge in [-0.1, -0.05) is 5.16 Å². The van der Waals surface area contributed by atoms with Crippen molar-refractivity contribution in [3.63, 3.8) is 0 Å². The van der Waals surface area contributed by atoms with Crippen LogP contribution in [0.2, 0.25) is 0 Å². The SMILES string of the molecule is Cc1noc(NCCCC(C)O)n1. The zero-order chi connectivity index (χ0) is 9.68. The average Bonchev–Trinajstić information content (AvgIpc) is 2.45. The van der Waals surface area contributed by atoms with E-state index in [1.165, 1.54) is 0 Å². The van der Waals surface area contributed by atoms with Gasteiger partial charge < -0.3 is 14.9 Å². The molecule has 0 radical (unpaired) electrons. The van der Waals surface area contributed by atoms with Crippen LogP contribution in [0.15, 0.2) is 4.52 Å². The minimum Gasteiger partial charge on any atom is -0.393 e. The molecule has 0 aromatic carbocycles. The first kappa shape index (κ1) is 9.98. The summed E-state index contributed by atoms with van der Waals surface area (Å²) in [4.78, 5) is 3.98. The predicted molar refractivity (Wildman–Crippen MR) is 48.4 cm³/mol. The number of nitrogens with zero attached hydrogens (tertiary/aromatic N) is 2. The number of aryl methyl sites for hydroxylation is 1. The maximum absolute atomic E-state index is 8.97. The van der Waals surface area contributed by atoms with Gasteiger partial charge in [0.25, 0.3) is 0 Å². The number of nitrogens with one attached hydrogen (secondary N) is 1. The molecule has 13 heavy (non-hydrogen) atoms. The number of anilines is 1. The molecule has 1 atom stereocenters. The molecular formula is C8H15N3O2. The number of aliphatic hydroxyl groups excluding tert-OH is 1. The lowest BCUT2D eigenvalue weighted by Gasteiger charge is -2.02. The van der Waals surface area contributed by atoms with Gasteiger partial charge in [-0.05, 0) is 26.7 Å². The Morgan fingerprint density at radius 2 is 2.38 bits per heavy atom. The van der Waals surface area contributed by atoms with Gasteiger partial charge in [0, 0.05) is 6.54 Å². The molecule has 1 rings (SSSR count). The fourth-order valence-electron chi connectivity index (χ4n) is 0.962. The van der Waals surface area contributed by atoms with E-state index < -0.39 is 0 Å². The van der Waals surface area contributed by atoms with Gasteiger partial charge in [-0.15, -0.1) is 0 Å². The van der Waals surface area contributed by atoms with E-state index >= 15 is 0 Å². The van der Waals surface area contributed by atoms with E-state index in [1.54, 1.807) is 13.8 Å². The lowest BCUT2D eigenvalue weighted by atomic mass is 10.2. The Labute approximate surface area is 77.2 Å². The second kappa shape index (κ2) is 4.81. The smallest absolute Gasteiger partial charge is 0.321 e. The predicted octanol–water partition coefficient (Wildman–Crippen LogP) is 0.951. The van der Waals surface area contributed by atoms with Crippen molar-refractivity contribution in [1.29, 1.82) is 0 Å². The van der Waals surface area contributed by atoms with Crippen molar-refractivity contribution in [2.24, 2.45) is 0 Å². The Balaban J connectivity index is 2.13. The van der Waals surface area contributed by atoms with Crippen LogP contribution in [0.5, 0.6) is 0 Å². The topological polar surface area (TPSA) is 71.2 Å². The van der Waals surface area contributed by atoms with Crippen LogP contribution in [0.1, 0.15) is 25.6 Å². The van der Waals surface area contributed by atoms with E-state index in [-0.39, 0.29) is 6.10 Å². The van der Waals surface area contributed by atoms with Crippen LogP contribution < -0.4 is 5.32 Å². The van der Waals surface area contributed by atoms with Gasteiger partial charge in [0.1, 0.15) is 0 Å². The lowest BCUT2D eigenvalue weighted by molar-refractivity contribution is 0.183. The summed E-state index contributed by atoms with van der Waals surface area (Å²) in [6.45, 7) is 4.29. The molecule has 0 aliphatic carbocycles. The standard InChI is InChI=1S/C8H15N3O2/c1-6(12)4-3-5-9-8-10-7(2)11-13-8/h6,12H,3-5H2,1-2H3,(H,9,10,11). The van der Waals surface area contributed by atoms with Gasteiger partial charge in [0.2, 0.25) is 0 Å². The fraction of sp³-hybridized carbons (Fsp3) is 0.750.